The molecule has 0 N–H and O–H groups in total. The van der Waals surface area contributed by atoms with Gasteiger partial charge in [-0.1, -0.05) is 106 Å². The van der Waals surface area contributed by atoms with E-state index in [1.54, 1.807) is 60.7 Å². The summed E-state index contributed by atoms with van der Waals surface area (Å²) in [6.07, 6.45) is 0. The molecule has 0 radical (unpaired) electrons. The Morgan fingerprint density at radius 3 is 1.38 bits per heavy atom. The Bertz CT molecular complexity index is 1130. The zero-order valence-electron chi connectivity index (χ0n) is 19.4. The summed E-state index contributed by atoms with van der Waals surface area (Å²) in [6.45, 7) is 6.21. The molecule has 8 heteroatoms. The van der Waals surface area contributed by atoms with Crippen molar-refractivity contribution in [3.05, 3.63) is 107 Å². The highest BCUT2D eigenvalue weighted by atomic mass is 32.3. The number of hydrogen-bond donors (Lipinski definition) is 0. The Morgan fingerprint density at radius 2 is 1.03 bits per heavy atom. The molecular weight excluding hydrogens is 481 g/mol. The fourth-order valence-corrected chi connectivity index (χ4v) is 8.73. The van der Waals surface area contributed by atoms with Crippen LogP contribution in [0.4, 0.5) is 13.2 Å². The smallest absolute Gasteiger partial charge is 0.212 e. The topological polar surface area (TPSA) is 43.4 Å². The number of benzene rings is 3. The van der Waals surface area contributed by atoms with Crippen molar-refractivity contribution in [2.24, 2.45) is 0 Å². The molecule has 3 rings (SSSR count). The monoisotopic (exact) mass is 510 g/mol. The lowest BCUT2D eigenvalue weighted by atomic mass is 9.87. The van der Waals surface area contributed by atoms with Crippen molar-refractivity contribution in [3.63, 3.8) is 0 Å². The number of halogens is 3. The highest BCUT2D eigenvalue weighted by molar-refractivity contribution is 8.31. The van der Waals surface area contributed by atoms with Crippen molar-refractivity contribution < 1.29 is 25.2 Å². The van der Waals surface area contributed by atoms with Crippen LogP contribution in [0.15, 0.2) is 84.9 Å². The lowest BCUT2D eigenvalue weighted by Gasteiger charge is -2.39. The third kappa shape index (κ3) is 6.87. The standard InChI is InChI=1S/C26H29F3O3S2/c1-25(2,3)24-16-14-23(15-17-24)20-33(18-21-10-6-4-7-11-21,19-22-12-8-5-9-13-22)32-34(30,31)26(27,28)29/h4-17H,18-20H2,1-3H3. The first-order valence-electron chi connectivity index (χ1n) is 10.8. The Morgan fingerprint density at radius 1 is 0.647 bits per heavy atom. The molecule has 3 nitrogen and oxygen atoms in total. The summed E-state index contributed by atoms with van der Waals surface area (Å²) in [4.78, 5) is 0. The first-order chi connectivity index (χ1) is 15.8. The molecule has 34 heavy (non-hydrogen) atoms. The van der Waals surface area contributed by atoms with E-state index in [0.29, 0.717) is 0 Å². The van der Waals surface area contributed by atoms with Crippen LogP contribution < -0.4 is 0 Å². The first-order valence-corrected chi connectivity index (χ1v) is 14.2. The molecule has 0 amide bonds. The van der Waals surface area contributed by atoms with Crippen LogP contribution in [-0.2, 0) is 36.4 Å². The number of rotatable bonds is 8. The van der Waals surface area contributed by atoms with Gasteiger partial charge in [0.15, 0.2) is 0 Å². The van der Waals surface area contributed by atoms with Crippen molar-refractivity contribution in [3.8, 4) is 0 Å². The lowest BCUT2D eigenvalue weighted by Crippen LogP contribution is -2.29. The van der Waals surface area contributed by atoms with Gasteiger partial charge in [0.2, 0.25) is 0 Å². The van der Waals surface area contributed by atoms with Crippen LogP contribution in [0.25, 0.3) is 0 Å². The second-order valence-electron chi connectivity index (χ2n) is 9.28. The van der Waals surface area contributed by atoms with Crippen LogP contribution in [-0.4, -0.2) is 13.9 Å². The highest BCUT2D eigenvalue weighted by Crippen LogP contribution is 2.60. The van der Waals surface area contributed by atoms with Crippen LogP contribution in [0.2, 0.25) is 0 Å². The average Bonchev–Trinajstić information content (AvgIpc) is 2.73. The molecule has 0 atom stereocenters. The van der Waals surface area contributed by atoms with Gasteiger partial charge in [0.1, 0.15) is 0 Å². The maximum absolute atomic E-state index is 13.5. The summed E-state index contributed by atoms with van der Waals surface area (Å²) in [5.41, 5.74) is -2.35. The fourth-order valence-electron chi connectivity index (χ4n) is 3.61. The van der Waals surface area contributed by atoms with Gasteiger partial charge in [0.25, 0.3) is 0 Å². The predicted octanol–water partition coefficient (Wildman–Crippen LogP) is 7.47. The molecule has 3 aromatic rings. The van der Waals surface area contributed by atoms with Crippen LogP contribution in [0, 0.1) is 0 Å². The molecule has 0 spiro atoms. The summed E-state index contributed by atoms with van der Waals surface area (Å²) < 4.78 is 70.2. The van der Waals surface area contributed by atoms with E-state index in [1.165, 1.54) is 0 Å². The molecule has 0 saturated carbocycles. The fraction of sp³-hybridized carbons (Fsp3) is 0.308. The number of hydrogen-bond acceptors (Lipinski definition) is 3. The van der Waals surface area contributed by atoms with Gasteiger partial charge in [0, 0.05) is 17.3 Å². The third-order valence-electron chi connectivity index (χ3n) is 5.31. The quantitative estimate of drug-likeness (QED) is 0.295. The second kappa shape index (κ2) is 10.1. The van der Waals surface area contributed by atoms with Gasteiger partial charge in [-0.25, -0.2) is 3.63 Å². The lowest BCUT2D eigenvalue weighted by molar-refractivity contribution is -0.0496. The van der Waals surface area contributed by atoms with Crippen LogP contribution in [0.1, 0.15) is 43.0 Å². The molecule has 0 unspecified atom stereocenters. The van der Waals surface area contributed by atoms with Gasteiger partial charge in [-0.15, -0.1) is 10.3 Å². The Hall–Kier alpha value is -2.29. The summed E-state index contributed by atoms with van der Waals surface area (Å²) in [7, 11) is -8.66. The molecule has 0 bridgehead atoms. The molecule has 0 heterocycles. The maximum atomic E-state index is 13.5. The van der Waals surface area contributed by atoms with Crippen molar-refractivity contribution in [1.29, 1.82) is 0 Å². The maximum Gasteiger partial charge on any atom is 0.523 e. The minimum atomic E-state index is -5.81. The third-order valence-corrected chi connectivity index (χ3v) is 10.3. The molecule has 0 saturated heterocycles. The van der Waals surface area contributed by atoms with E-state index in [4.69, 9.17) is 3.63 Å². The van der Waals surface area contributed by atoms with Crippen molar-refractivity contribution in [1.82, 2.24) is 0 Å². The van der Waals surface area contributed by atoms with Gasteiger partial charge in [0.05, 0.1) is 0 Å². The second-order valence-corrected chi connectivity index (χ2v) is 14.0. The Kier molecular flexibility index (Phi) is 7.85. The molecule has 0 fully saturated rings. The molecule has 0 aliphatic heterocycles. The first kappa shape index (κ1) is 26.3. The molecule has 0 aromatic heterocycles. The minimum absolute atomic E-state index is 0.0660. The molecule has 0 aliphatic rings. The van der Waals surface area contributed by atoms with Gasteiger partial charge in [-0.05, 0) is 27.7 Å². The van der Waals surface area contributed by atoms with Gasteiger partial charge in [-0.2, -0.15) is 21.6 Å². The van der Waals surface area contributed by atoms with Crippen molar-refractivity contribution >= 4 is 20.4 Å². The summed E-state index contributed by atoms with van der Waals surface area (Å²) >= 11 is 0. The van der Waals surface area contributed by atoms with Crippen LogP contribution >= 0.6 is 10.3 Å². The molecular formula is C26H29F3O3S2. The zero-order valence-corrected chi connectivity index (χ0v) is 21.0. The van der Waals surface area contributed by atoms with E-state index in [-0.39, 0.29) is 22.7 Å². The average molecular weight is 511 g/mol. The SMILES string of the molecule is CC(C)(C)c1ccc(CS(Cc2ccccc2)(Cc2ccccc2)OS(=O)(=O)C(F)(F)F)cc1. The molecule has 3 aromatic carbocycles. The Balaban J connectivity index is 2.10. The van der Waals surface area contributed by atoms with Crippen molar-refractivity contribution in [2.45, 2.75) is 49.0 Å². The molecule has 0 aliphatic carbocycles. The van der Waals surface area contributed by atoms with E-state index in [9.17, 15) is 21.6 Å². The van der Waals surface area contributed by atoms with E-state index in [1.807, 2.05) is 24.3 Å². The largest absolute Gasteiger partial charge is 0.523 e. The van der Waals surface area contributed by atoms with Gasteiger partial charge < -0.3 is 0 Å². The van der Waals surface area contributed by atoms with Crippen molar-refractivity contribution in [2.75, 3.05) is 0 Å². The van der Waals surface area contributed by atoms with Crippen LogP contribution in [0.5, 0.6) is 0 Å². The van der Waals surface area contributed by atoms with E-state index in [0.717, 1.165) is 22.3 Å². The predicted molar refractivity (Wildman–Crippen MR) is 133 cm³/mol. The summed E-state index contributed by atoms with van der Waals surface area (Å²) in [5.74, 6) is 0.203. The van der Waals surface area contributed by atoms with E-state index < -0.39 is 25.9 Å². The zero-order chi connectivity index (χ0) is 25.0. The van der Waals surface area contributed by atoms with Gasteiger partial charge >= 0.3 is 15.6 Å². The highest BCUT2D eigenvalue weighted by Gasteiger charge is 2.51. The van der Waals surface area contributed by atoms with Crippen LogP contribution in [0.3, 0.4) is 0 Å². The van der Waals surface area contributed by atoms with Gasteiger partial charge in [-0.3, -0.25) is 0 Å². The normalized spacial score (nSPS) is 13.6. The Labute approximate surface area is 201 Å². The minimum Gasteiger partial charge on any atom is -0.212 e. The summed E-state index contributed by atoms with van der Waals surface area (Å²) in [5, 5.41) is 0. The number of alkyl halides is 3. The van der Waals surface area contributed by atoms with E-state index >= 15 is 0 Å². The summed E-state index contributed by atoms with van der Waals surface area (Å²) in [6, 6.07) is 25.4. The molecule has 184 valence electrons. The van der Waals surface area contributed by atoms with E-state index in [2.05, 4.69) is 20.8 Å².